The number of amides is 2. The van der Waals surface area contributed by atoms with E-state index in [1.807, 2.05) is 19.1 Å². The van der Waals surface area contributed by atoms with Crippen LogP contribution in [0.3, 0.4) is 0 Å². The summed E-state index contributed by atoms with van der Waals surface area (Å²) in [6.07, 6.45) is -0.424. The highest BCUT2D eigenvalue weighted by molar-refractivity contribution is 5.96. The van der Waals surface area contributed by atoms with Crippen molar-refractivity contribution in [1.29, 1.82) is 0 Å². The van der Waals surface area contributed by atoms with Crippen molar-refractivity contribution >= 4 is 17.6 Å². The maximum absolute atomic E-state index is 13.6. The summed E-state index contributed by atoms with van der Waals surface area (Å²) in [7, 11) is 0. The molecule has 0 atom stereocenters. The number of aromatic nitrogens is 2. The van der Waals surface area contributed by atoms with E-state index in [0.29, 0.717) is 56.2 Å². The number of ether oxygens (including phenoxy) is 1. The number of carbonyl (C=O) groups excluding carboxylic acids is 2. The largest absolute Gasteiger partial charge is 0.492 e. The van der Waals surface area contributed by atoms with E-state index < -0.39 is 17.5 Å². The molecule has 210 valence electrons. The summed E-state index contributed by atoms with van der Waals surface area (Å²) in [4.78, 5) is 38.1. The van der Waals surface area contributed by atoms with Crippen molar-refractivity contribution < 1.29 is 27.5 Å². The number of likely N-dealkylation sites (tertiary alicyclic amines) is 1. The second-order valence-electron chi connectivity index (χ2n) is 11.0. The van der Waals surface area contributed by atoms with Gasteiger partial charge in [0.15, 0.2) is 0 Å². The molecule has 8 nitrogen and oxygen atoms in total. The molecule has 1 aromatic heterocycles. The number of para-hydroxylation sites is 1. The summed E-state index contributed by atoms with van der Waals surface area (Å²) >= 11 is 0. The lowest BCUT2D eigenvalue weighted by Crippen LogP contribution is -2.50. The molecule has 2 aromatic rings. The first kappa shape index (κ1) is 27.2. The molecule has 2 amide bonds. The Morgan fingerprint density at radius 2 is 1.77 bits per heavy atom. The fourth-order valence-electron chi connectivity index (χ4n) is 5.71. The third-order valence-electron chi connectivity index (χ3n) is 8.37. The maximum Gasteiger partial charge on any atom is 0.403 e. The van der Waals surface area contributed by atoms with E-state index in [2.05, 4.69) is 20.2 Å². The zero-order chi connectivity index (χ0) is 27.7. The van der Waals surface area contributed by atoms with Gasteiger partial charge in [-0.2, -0.15) is 13.2 Å². The van der Waals surface area contributed by atoms with Crippen LogP contribution in [0.1, 0.15) is 54.7 Å². The molecule has 0 bridgehead atoms. The second kappa shape index (κ2) is 10.7. The predicted molar refractivity (Wildman–Crippen MR) is 138 cm³/mol. The molecule has 1 spiro atoms. The van der Waals surface area contributed by atoms with Gasteiger partial charge in [-0.25, -0.2) is 9.97 Å². The Bertz CT molecular complexity index is 1210. The number of hydrogen-bond donors (Lipinski definition) is 1. The Kier molecular flexibility index (Phi) is 7.43. The fraction of sp³-hybridized carbons (Fsp3) is 0.571. The van der Waals surface area contributed by atoms with E-state index >= 15 is 0 Å². The number of anilines is 1. The van der Waals surface area contributed by atoms with E-state index in [1.165, 1.54) is 4.90 Å². The van der Waals surface area contributed by atoms with Crippen molar-refractivity contribution in [2.45, 2.75) is 51.6 Å². The number of nitrogens with zero attached hydrogens (tertiary/aromatic N) is 4. The number of alkyl halides is 3. The molecule has 3 heterocycles. The van der Waals surface area contributed by atoms with Gasteiger partial charge in [-0.3, -0.25) is 9.59 Å². The normalized spacial score (nSPS) is 21.5. The van der Waals surface area contributed by atoms with Gasteiger partial charge < -0.3 is 19.9 Å². The van der Waals surface area contributed by atoms with Gasteiger partial charge in [0.05, 0.1) is 12.2 Å². The Labute approximate surface area is 225 Å². The van der Waals surface area contributed by atoms with Gasteiger partial charge in [-0.05, 0) is 63.6 Å². The number of halogens is 3. The lowest BCUT2D eigenvalue weighted by molar-refractivity contribution is -0.199. The number of nitrogens with one attached hydrogen (secondary N) is 1. The van der Waals surface area contributed by atoms with E-state index in [1.54, 1.807) is 24.4 Å². The summed E-state index contributed by atoms with van der Waals surface area (Å²) in [5, 5.41) is 2.97. The molecule has 1 aromatic carbocycles. The maximum atomic E-state index is 13.6. The van der Waals surface area contributed by atoms with Crippen molar-refractivity contribution in [3.8, 4) is 5.75 Å². The van der Waals surface area contributed by atoms with Gasteiger partial charge in [0.25, 0.3) is 5.91 Å². The van der Waals surface area contributed by atoms with Gasteiger partial charge in [-0.15, -0.1) is 0 Å². The molecule has 1 saturated heterocycles. The monoisotopic (exact) mass is 545 g/mol. The minimum absolute atomic E-state index is 0.128. The Hall–Kier alpha value is -3.37. The van der Waals surface area contributed by atoms with Crippen LogP contribution in [-0.2, 0) is 4.79 Å². The number of rotatable bonds is 2. The molecule has 0 unspecified atom stereocenters. The molecule has 39 heavy (non-hydrogen) atoms. The highest BCUT2D eigenvalue weighted by Gasteiger charge is 2.69. The Morgan fingerprint density at radius 1 is 1.03 bits per heavy atom. The van der Waals surface area contributed by atoms with Crippen LogP contribution in [0, 0.1) is 17.8 Å². The van der Waals surface area contributed by atoms with Crippen molar-refractivity contribution in [1.82, 2.24) is 20.2 Å². The van der Waals surface area contributed by atoms with Gasteiger partial charge in [0.1, 0.15) is 22.8 Å². The molecule has 1 saturated carbocycles. The van der Waals surface area contributed by atoms with E-state index in [9.17, 15) is 22.8 Å². The highest BCUT2D eigenvalue weighted by atomic mass is 19.4. The topological polar surface area (TPSA) is 87.7 Å². The lowest BCUT2D eigenvalue weighted by atomic mass is 9.75. The summed E-state index contributed by atoms with van der Waals surface area (Å²) < 4.78 is 47.0. The zero-order valence-electron chi connectivity index (χ0n) is 22.1. The first-order valence-electron chi connectivity index (χ1n) is 13.5. The average molecular weight is 546 g/mol. The van der Waals surface area contributed by atoms with Crippen molar-refractivity contribution in [2.75, 3.05) is 44.2 Å². The first-order valence-corrected chi connectivity index (χ1v) is 13.5. The summed E-state index contributed by atoms with van der Waals surface area (Å²) in [6.45, 7) is 4.32. The van der Waals surface area contributed by atoms with Crippen LogP contribution in [0.2, 0.25) is 0 Å². The quantitative estimate of drug-likeness (QED) is 0.610. The minimum atomic E-state index is -4.51. The number of aryl methyl sites for hydroxylation is 1. The standard InChI is InChI=1S/C28H34F3N5O3/c1-20-32-13-7-23(34-20)35-15-4-8-26(19-39-22-6-3-2-5-21(22)24(37)33-14-18-35)11-16-36(17-12-26)25(38)27(9-10-27)28(29,30)31/h2-3,5-7,13H,4,8-12,14-19H2,1H3,(H,33,37). The molecular formula is C28H34F3N5O3. The van der Waals surface area contributed by atoms with Crippen LogP contribution in [0.15, 0.2) is 36.5 Å². The second-order valence-corrected chi connectivity index (χ2v) is 11.0. The third-order valence-corrected chi connectivity index (χ3v) is 8.37. The van der Waals surface area contributed by atoms with Crippen molar-refractivity contribution in [2.24, 2.45) is 10.8 Å². The van der Waals surface area contributed by atoms with Gasteiger partial charge in [-0.1, -0.05) is 12.1 Å². The molecule has 5 rings (SSSR count). The zero-order valence-corrected chi connectivity index (χ0v) is 22.1. The molecule has 0 radical (unpaired) electrons. The smallest absolute Gasteiger partial charge is 0.403 e. The average Bonchev–Trinajstić information content (AvgIpc) is 3.73. The van der Waals surface area contributed by atoms with Gasteiger partial charge in [0.2, 0.25) is 5.91 Å². The van der Waals surface area contributed by atoms with Crippen LogP contribution in [-0.4, -0.2) is 72.2 Å². The molecule has 2 aliphatic heterocycles. The SMILES string of the molecule is Cc1nccc(N2CCCC3(CCN(C(=O)C4(C(F)(F)F)CC4)CC3)COc3ccccc3C(=O)NCC2)n1. The van der Waals surface area contributed by atoms with Crippen LogP contribution in [0.4, 0.5) is 19.0 Å². The van der Waals surface area contributed by atoms with Crippen LogP contribution >= 0.6 is 0 Å². The van der Waals surface area contributed by atoms with E-state index in [4.69, 9.17) is 4.74 Å². The van der Waals surface area contributed by atoms with Gasteiger partial charge >= 0.3 is 6.18 Å². The molecule has 2 fully saturated rings. The van der Waals surface area contributed by atoms with E-state index in [0.717, 1.165) is 18.7 Å². The number of fused-ring (bicyclic) bond motifs is 1. The predicted octanol–water partition coefficient (Wildman–Crippen LogP) is 4.15. The van der Waals surface area contributed by atoms with Crippen LogP contribution < -0.4 is 15.0 Å². The van der Waals surface area contributed by atoms with Crippen molar-refractivity contribution in [3.05, 3.63) is 47.9 Å². The molecule has 11 heteroatoms. The Morgan fingerprint density at radius 3 is 2.46 bits per heavy atom. The highest BCUT2D eigenvalue weighted by Crippen LogP contribution is 2.59. The number of piperidine rings is 1. The molecular weight excluding hydrogens is 511 g/mol. The summed E-state index contributed by atoms with van der Waals surface area (Å²) in [6, 6.07) is 8.92. The lowest BCUT2D eigenvalue weighted by Gasteiger charge is -2.43. The number of benzene rings is 1. The summed E-state index contributed by atoms with van der Waals surface area (Å²) in [5.41, 5.74) is -2.09. The van der Waals surface area contributed by atoms with Gasteiger partial charge in [0, 0.05) is 44.3 Å². The number of hydrogen-bond acceptors (Lipinski definition) is 6. The molecule has 3 aliphatic rings. The Balaban J connectivity index is 1.36. The number of carbonyl (C=O) groups is 2. The molecule has 1 N–H and O–H groups in total. The van der Waals surface area contributed by atoms with Crippen molar-refractivity contribution in [3.63, 3.8) is 0 Å². The molecule has 1 aliphatic carbocycles. The third kappa shape index (κ3) is 5.67. The van der Waals surface area contributed by atoms with E-state index in [-0.39, 0.29) is 37.3 Å². The fourth-order valence-corrected chi connectivity index (χ4v) is 5.71. The van der Waals surface area contributed by atoms with Crippen LogP contribution in [0.5, 0.6) is 5.75 Å². The van der Waals surface area contributed by atoms with Crippen LogP contribution in [0.25, 0.3) is 0 Å². The first-order chi connectivity index (χ1) is 18.6. The minimum Gasteiger partial charge on any atom is -0.492 e. The summed E-state index contributed by atoms with van der Waals surface area (Å²) in [5.74, 6) is 0.884.